The fourth-order valence-electron chi connectivity index (χ4n) is 3.08. The maximum absolute atomic E-state index is 11.9. The fraction of sp³-hybridized carbons (Fsp3) is 0.529. The van der Waals surface area contributed by atoms with Crippen molar-refractivity contribution in [2.24, 2.45) is 5.92 Å². The molecule has 2 N–H and O–H groups in total. The smallest absolute Gasteiger partial charge is 0.308 e. The van der Waals surface area contributed by atoms with Gasteiger partial charge in [-0.25, -0.2) is 0 Å². The number of carbonyl (C=O) groups excluding carboxylic acids is 1. The molecule has 124 valence electrons. The van der Waals surface area contributed by atoms with E-state index in [1.807, 2.05) is 24.3 Å². The standard InChI is InChI=1S/C17H22N2O4/c20-16-9-13(17(21)22)11-19(16)15-3-1-12(2-4-15)10-18-14-5-7-23-8-6-14/h1-4,13-14,18H,5-11H2,(H,21,22). The highest BCUT2D eigenvalue weighted by Crippen LogP contribution is 2.25. The van der Waals surface area contributed by atoms with Crippen LogP contribution in [-0.4, -0.2) is 42.8 Å². The highest BCUT2D eigenvalue weighted by atomic mass is 16.5. The zero-order valence-corrected chi connectivity index (χ0v) is 13.0. The lowest BCUT2D eigenvalue weighted by Gasteiger charge is -2.23. The maximum Gasteiger partial charge on any atom is 0.308 e. The Morgan fingerprint density at radius 1 is 1.26 bits per heavy atom. The van der Waals surface area contributed by atoms with Crippen LogP contribution in [-0.2, 0) is 20.9 Å². The summed E-state index contributed by atoms with van der Waals surface area (Å²) in [4.78, 5) is 24.5. The predicted molar refractivity (Wildman–Crippen MR) is 85.2 cm³/mol. The van der Waals surface area contributed by atoms with Gasteiger partial charge in [0.15, 0.2) is 0 Å². The normalized spacial score (nSPS) is 22.5. The van der Waals surface area contributed by atoms with E-state index in [2.05, 4.69) is 5.32 Å². The molecule has 3 rings (SSSR count). The topological polar surface area (TPSA) is 78.9 Å². The lowest BCUT2D eigenvalue weighted by Crippen LogP contribution is -2.34. The molecule has 0 aliphatic carbocycles. The predicted octanol–water partition coefficient (Wildman–Crippen LogP) is 1.39. The van der Waals surface area contributed by atoms with Crippen molar-refractivity contribution in [3.8, 4) is 0 Å². The summed E-state index contributed by atoms with van der Waals surface area (Å²) in [6.45, 7) is 2.68. The number of carboxylic acid groups (broad SMARTS) is 1. The number of aliphatic carboxylic acids is 1. The molecule has 2 heterocycles. The van der Waals surface area contributed by atoms with E-state index in [9.17, 15) is 9.59 Å². The summed E-state index contributed by atoms with van der Waals surface area (Å²) in [5.41, 5.74) is 1.93. The average Bonchev–Trinajstić information content (AvgIpc) is 2.97. The van der Waals surface area contributed by atoms with Crippen molar-refractivity contribution in [2.75, 3.05) is 24.7 Å². The van der Waals surface area contributed by atoms with Gasteiger partial charge < -0.3 is 20.1 Å². The first-order chi connectivity index (χ1) is 11.1. The van der Waals surface area contributed by atoms with Crippen LogP contribution in [0.15, 0.2) is 24.3 Å². The van der Waals surface area contributed by atoms with Crippen molar-refractivity contribution in [3.05, 3.63) is 29.8 Å². The number of carboxylic acids is 1. The third kappa shape index (κ3) is 3.89. The minimum absolute atomic E-state index is 0.0857. The van der Waals surface area contributed by atoms with Crippen LogP contribution in [0.1, 0.15) is 24.8 Å². The minimum atomic E-state index is -0.905. The molecular formula is C17H22N2O4. The number of hydrogen-bond acceptors (Lipinski definition) is 4. The summed E-state index contributed by atoms with van der Waals surface area (Å²) in [6.07, 6.45) is 2.16. The summed E-state index contributed by atoms with van der Waals surface area (Å²) < 4.78 is 5.34. The Morgan fingerprint density at radius 3 is 2.57 bits per heavy atom. The van der Waals surface area contributed by atoms with Gasteiger partial charge in [-0.2, -0.15) is 0 Å². The lowest BCUT2D eigenvalue weighted by atomic mass is 10.1. The van der Waals surface area contributed by atoms with Crippen LogP contribution >= 0.6 is 0 Å². The van der Waals surface area contributed by atoms with E-state index in [0.717, 1.165) is 43.9 Å². The number of nitrogens with zero attached hydrogens (tertiary/aromatic N) is 1. The molecule has 0 bridgehead atoms. The van der Waals surface area contributed by atoms with Crippen LogP contribution in [0.3, 0.4) is 0 Å². The highest BCUT2D eigenvalue weighted by molar-refractivity contribution is 5.99. The Hall–Kier alpha value is -1.92. The molecule has 0 radical (unpaired) electrons. The van der Waals surface area contributed by atoms with E-state index in [4.69, 9.17) is 9.84 Å². The summed E-state index contributed by atoms with van der Waals surface area (Å²) >= 11 is 0. The highest BCUT2D eigenvalue weighted by Gasteiger charge is 2.34. The summed E-state index contributed by atoms with van der Waals surface area (Å²) in [7, 11) is 0. The molecule has 23 heavy (non-hydrogen) atoms. The molecule has 2 aliphatic heterocycles. The molecule has 2 aliphatic rings. The van der Waals surface area contributed by atoms with E-state index in [0.29, 0.717) is 6.04 Å². The van der Waals surface area contributed by atoms with Crippen molar-refractivity contribution in [1.29, 1.82) is 0 Å². The Bertz CT molecular complexity index is 566. The second-order valence-electron chi connectivity index (χ2n) is 6.18. The second-order valence-corrected chi connectivity index (χ2v) is 6.18. The zero-order chi connectivity index (χ0) is 16.2. The van der Waals surface area contributed by atoms with Crippen molar-refractivity contribution in [1.82, 2.24) is 5.32 Å². The Balaban J connectivity index is 1.56. The number of benzene rings is 1. The first kappa shape index (κ1) is 16.0. The number of carbonyl (C=O) groups is 2. The van der Waals surface area contributed by atoms with Gasteiger partial charge in [0.1, 0.15) is 0 Å². The van der Waals surface area contributed by atoms with Crippen LogP contribution in [0, 0.1) is 5.92 Å². The number of nitrogens with one attached hydrogen (secondary N) is 1. The molecule has 1 aromatic carbocycles. The van der Waals surface area contributed by atoms with Gasteiger partial charge >= 0.3 is 5.97 Å². The fourth-order valence-corrected chi connectivity index (χ4v) is 3.08. The van der Waals surface area contributed by atoms with Crippen molar-refractivity contribution >= 4 is 17.6 Å². The second kappa shape index (κ2) is 7.10. The average molecular weight is 318 g/mol. The summed E-state index contributed by atoms with van der Waals surface area (Å²) in [5, 5.41) is 12.6. The molecule has 0 saturated carbocycles. The Kier molecular flexibility index (Phi) is 4.93. The van der Waals surface area contributed by atoms with E-state index in [1.165, 1.54) is 0 Å². The quantitative estimate of drug-likeness (QED) is 0.858. The van der Waals surface area contributed by atoms with Gasteiger partial charge in [0.25, 0.3) is 0 Å². The maximum atomic E-state index is 11.9. The Morgan fingerprint density at radius 2 is 1.96 bits per heavy atom. The molecular weight excluding hydrogens is 296 g/mol. The van der Waals surface area contributed by atoms with Crippen LogP contribution < -0.4 is 10.2 Å². The van der Waals surface area contributed by atoms with Crippen LogP contribution in [0.4, 0.5) is 5.69 Å². The first-order valence-corrected chi connectivity index (χ1v) is 8.07. The number of ether oxygens (including phenoxy) is 1. The van der Waals surface area contributed by atoms with Crippen molar-refractivity contribution in [3.63, 3.8) is 0 Å². The first-order valence-electron chi connectivity index (χ1n) is 8.07. The molecule has 6 nitrogen and oxygen atoms in total. The number of amides is 1. The lowest BCUT2D eigenvalue weighted by molar-refractivity contribution is -0.141. The van der Waals surface area contributed by atoms with Gasteiger partial charge in [-0.3, -0.25) is 9.59 Å². The van der Waals surface area contributed by atoms with Gasteiger partial charge in [0.05, 0.1) is 5.92 Å². The van der Waals surface area contributed by atoms with Gasteiger partial charge in [-0.1, -0.05) is 12.1 Å². The minimum Gasteiger partial charge on any atom is -0.481 e. The molecule has 2 saturated heterocycles. The Labute approximate surface area is 135 Å². The van der Waals surface area contributed by atoms with Crippen molar-refractivity contribution in [2.45, 2.75) is 31.8 Å². The monoisotopic (exact) mass is 318 g/mol. The SMILES string of the molecule is O=C(O)C1CC(=O)N(c2ccc(CNC3CCOCC3)cc2)C1. The molecule has 6 heteroatoms. The molecule has 1 amide bonds. The molecule has 0 aromatic heterocycles. The van der Waals surface area contributed by atoms with E-state index < -0.39 is 11.9 Å². The molecule has 1 unspecified atom stereocenters. The van der Waals surface area contributed by atoms with Gasteiger partial charge in [0, 0.05) is 44.5 Å². The van der Waals surface area contributed by atoms with Gasteiger partial charge in [-0.15, -0.1) is 0 Å². The summed E-state index contributed by atoms with van der Waals surface area (Å²) in [6, 6.07) is 8.26. The third-order valence-corrected chi connectivity index (χ3v) is 4.54. The van der Waals surface area contributed by atoms with Crippen LogP contribution in [0.5, 0.6) is 0 Å². The van der Waals surface area contributed by atoms with Gasteiger partial charge in [-0.05, 0) is 30.5 Å². The summed E-state index contributed by atoms with van der Waals surface area (Å²) in [5.74, 6) is -1.62. The molecule has 1 atom stereocenters. The van der Waals surface area contributed by atoms with E-state index in [1.54, 1.807) is 4.90 Å². The van der Waals surface area contributed by atoms with Crippen LogP contribution in [0.25, 0.3) is 0 Å². The largest absolute Gasteiger partial charge is 0.481 e. The number of rotatable bonds is 5. The molecule has 1 aromatic rings. The zero-order valence-electron chi connectivity index (χ0n) is 13.0. The van der Waals surface area contributed by atoms with Gasteiger partial charge in [0.2, 0.25) is 5.91 Å². The number of anilines is 1. The van der Waals surface area contributed by atoms with Crippen molar-refractivity contribution < 1.29 is 19.4 Å². The molecule has 0 spiro atoms. The number of hydrogen-bond donors (Lipinski definition) is 2. The van der Waals surface area contributed by atoms with E-state index in [-0.39, 0.29) is 18.9 Å². The van der Waals surface area contributed by atoms with Crippen LogP contribution in [0.2, 0.25) is 0 Å². The van der Waals surface area contributed by atoms with E-state index >= 15 is 0 Å². The third-order valence-electron chi connectivity index (χ3n) is 4.54. The molecule has 2 fully saturated rings.